The molecule has 0 radical (unpaired) electrons. The lowest BCUT2D eigenvalue weighted by Crippen LogP contribution is -2.54. The van der Waals surface area contributed by atoms with Crippen LogP contribution in [0.2, 0.25) is 0 Å². The van der Waals surface area contributed by atoms with E-state index in [1.54, 1.807) is 7.11 Å². The number of carbonyl (C=O) groups is 1. The molecule has 0 bridgehead atoms. The van der Waals surface area contributed by atoms with Crippen LogP contribution in [0.1, 0.15) is 12.5 Å². The Bertz CT molecular complexity index is 496. The van der Waals surface area contributed by atoms with Crippen LogP contribution in [0.5, 0.6) is 5.75 Å². The van der Waals surface area contributed by atoms with Crippen LogP contribution in [0, 0.1) is 0 Å². The number of hydrogen-bond acceptors (Lipinski definition) is 5. The van der Waals surface area contributed by atoms with Crippen molar-refractivity contribution in [3.8, 4) is 5.75 Å². The van der Waals surface area contributed by atoms with E-state index in [-0.39, 0.29) is 12.0 Å². The smallest absolute Gasteiger partial charge is 0.324 e. The summed E-state index contributed by atoms with van der Waals surface area (Å²) in [5.74, 6) is 0.651. The molecule has 21 heavy (non-hydrogen) atoms. The molecule has 5 nitrogen and oxygen atoms in total. The first-order chi connectivity index (χ1) is 10.2. The monoisotopic (exact) mass is 356 g/mol. The van der Waals surface area contributed by atoms with Gasteiger partial charge in [-0.25, -0.2) is 0 Å². The molecule has 1 heterocycles. The Morgan fingerprint density at radius 1 is 1.52 bits per heavy atom. The van der Waals surface area contributed by atoms with Crippen molar-refractivity contribution in [2.24, 2.45) is 0 Å². The van der Waals surface area contributed by atoms with Crippen LogP contribution >= 0.6 is 15.9 Å². The first kappa shape index (κ1) is 16.3. The molecule has 1 atom stereocenters. The first-order valence-electron chi connectivity index (χ1n) is 7.09. The molecule has 6 heteroatoms. The first-order valence-corrected chi connectivity index (χ1v) is 7.88. The van der Waals surface area contributed by atoms with Crippen molar-refractivity contribution in [2.75, 3.05) is 33.4 Å². The standard InChI is InChI=1S/C15H21BrN2O3/c1-3-21-15(19)13-9-17-6-7-18(13)10-11-4-5-14(20-2)12(16)8-11/h4-5,8,13,17H,3,6-7,9-10H2,1-2H3. The van der Waals surface area contributed by atoms with Crippen molar-refractivity contribution in [1.82, 2.24) is 10.2 Å². The fourth-order valence-electron chi connectivity index (χ4n) is 2.45. The molecule has 1 fully saturated rings. The Kier molecular flexibility index (Phi) is 6.02. The van der Waals surface area contributed by atoms with E-state index in [9.17, 15) is 4.79 Å². The minimum atomic E-state index is -0.223. The van der Waals surface area contributed by atoms with Gasteiger partial charge < -0.3 is 14.8 Å². The average molecular weight is 357 g/mol. The number of hydrogen-bond donors (Lipinski definition) is 1. The number of halogens is 1. The van der Waals surface area contributed by atoms with E-state index < -0.39 is 0 Å². The molecule has 1 aromatic carbocycles. The summed E-state index contributed by atoms with van der Waals surface area (Å²) in [7, 11) is 1.65. The van der Waals surface area contributed by atoms with Crippen molar-refractivity contribution in [1.29, 1.82) is 0 Å². The van der Waals surface area contributed by atoms with Gasteiger partial charge in [0, 0.05) is 26.2 Å². The predicted molar refractivity (Wildman–Crippen MR) is 84.4 cm³/mol. The molecule has 116 valence electrons. The van der Waals surface area contributed by atoms with E-state index >= 15 is 0 Å². The van der Waals surface area contributed by atoms with Gasteiger partial charge >= 0.3 is 5.97 Å². The van der Waals surface area contributed by atoms with E-state index in [2.05, 4.69) is 26.1 Å². The van der Waals surface area contributed by atoms with Crippen LogP contribution < -0.4 is 10.1 Å². The number of methoxy groups -OCH3 is 1. The van der Waals surface area contributed by atoms with Crippen LogP contribution in [-0.2, 0) is 16.1 Å². The molecule has 0 amide bonds. The summed E-state index contributed by atoms with van der Waals surface area (Å²) in [6, 6.07) is 5.76. The lowest BCUT2D eigenvalue weighted by Gasteiger charge is -2.34. The highest BCUT2D eigenvalue weighted by atomic mass is 79.9. The van der Waals surface area contributed by atoms with Gasteiger partial charge in [0.2, 0.25) is 0 Å². The quantitative estimate of drug-likeness (QED) is 0.815. The van der Waals surface area contributed by atoms with Gasteiger partial charge in [-0.1, -0.05) is 6.07 Å². The summed E-state index contributed by atoms with van der Waals surface area (Å²) in [5, 5.41) is 3.25. The second-order valence-corrected chi connectivity index (χ2v) is 5.77. The average Bonchev–Trinajstić information content (AvgIpc) is 2.48. The highest BCUT2D eigenvalue weighted by Crippen LogP contribution is 2.26. The highest BCUT2D eigenvalue weighted by molar-refractivity contribution is 9.10. The number of esters is 1. The molecule has 1 aliphatic heterocycles. The maximum atomic E-state index is 12.0. The summed E-state index contributed by atoms with van der Waals surface area (Å²) < 4.78 is 11.3. The molecule has 0 aromatic heterocycles. The third kappa shape index (κ3) is 4.18. The minimum Gasteiger partial charge on any atom is -0.496 e. The highest BCUT2D eigenvalue weighted by Gasteiger charge is 2.29. The van der Waals surface area contributed by atoms with E-state index in [0.29, 0.717) is 19.7 Å². The molecule has 2 rings (SSSR count). The van der Waals surface area contributed by atoms with Crippen molar-refractivity contribution in [3.05, 3.63) is 28.2 Å². The summed E-state index contributed by atoms with van der Waals surface area (Å²) in [4.78, 5) is 14.2. The predicted octanol–water partition coefficient (Wildman–Crippen LogP) is 1.79. The SMILES string of the molecule is CCOC(=O)C1CNCCN1Cc1ccc(OC)c(Br)c1. The van der Waals surface area contributed by atoms with Gasteiger partial charge in [0.05, 0.1) is 18.2 Å². The van der Waals surface area contributed by atoms with E-state index in [0.717, 1.165) is 28.9 Å². The van der Waals surface area contributed by atoms with Gasteiger partial charge in [-0.15, -0.1) is 0 Å². The van der Waals surface area contributed by atoms with Crippen LogP contribution in [0.3, 0.4) is 0 Å². The van der Waals surface area contributed by atoms with E-state index in [1.165, 1.54) is 0 Å². The van der Waals surface area contributed by atoms with Crippen LogP contribution in [-0.4, -0.2) is 50.3 Å². The fourth-order valence-corrected chi connectivity index (χ4v) is 3.04. The lowest BCUT2D eigenvalue weighted by atomic mass is 10.1. The van der Waals surface area contributed by atoms with Gasteiger partial charge in [-0.2, -0.15) is 0 Å². The molecular formula is C15H21BrN2O3. The molecule has 0 saturated carbocycles. The van der Waals surface area contributed by atoms with Crippen LogP contribution in [0.25, 0.3) is 0 Å². The van der Waals surface area contributed by atoms with E-state index in [4.69, 9.17) is 9.47 Å². The molecule has 1 saturated heterocycles. The van der Waals surface area contributed by atoms with Gasteiger partial charge in [0.1, 0.15) is 11.8 Å². The van der Waals surface area contributed by atoms with Crippen LogP contribution in [0.15, 0.2) is 22.7 Å². The number of piperazine rings is 1. The number of benzene rings is 1. The largest absolute Gasteiger partial charge is 0.496 e. The van der Waals surface area contributed by atoms with Crippen molar-refractivity contribution in [2.45, 2.75) is 19.5 Å². The topological polar surface area (TPSA) is 50.8 Å². The molecule has 1 aliphatic rings. The van der Waals surface area contributed by atoms with Crippen molar-refractivity contribution >= 4 is 21.9 Å². The Balaban J connectivity index is 2.08. The van der Waals surface area contributed by atoms with Crippen LogP contribution in [0.4, 0.5) is 0 Å². The molecular weight excluding hydrogens is 336 g/mol. The van der Waals surface area contributed by atoms with Gasteiger partial charge in [0.15, 0.2) is 0 Å². The second-order valence-electron chi connectivity index (χ2n) is 4.91. The zero-order valence-corrected chi connectivity index (χ0v) is 14.0. The minimum absolute atomic E-state index is 0.155. The Hall–Kier alpha value is -1.11. The lowest BCUT2D eigenvalue weighted by molar-refractivity contribution is -0.150. The molecule has 1 unspecified atom stereocenters. The van der Waals surface area contributed by atoms with E-state index in [1.807, 2.05) is 25.1 Å². The summed E-state index contributed by atoms with van der Waals surface area (Å²) >= 11 is 3.49. The number of nitrogens with zero attached hydrogens (tertiary/aromatic N) is 1. The Labute approximate surface area is 133 Å². The number of carbonyl (C=O) groups excluding carboxylic acids is 1. The van der Waals surface area contributed by atoms with Gasteiger partial charge in [0.25, 0.3) is 0 Å². The fraction of sp³-hybridized carbons (Fsp3) is 0.533. The van der Waals surface area contributed by atoms with Crippen molar-refractivity contribution in [3.63, 3.8) is 0 Å². The molecule has 1 aromatic rings. The third-order valence-corrected chi connectivity index (χ3v) is 4.13. The molecule has 1 N–H and O–H groups in total. The molecule has 0 aliphatic carbocycles. The zero-order valence-electron chi connectivity index (χ0n) is 12.4. The van der Waals surface area contributed by atoms with Gasteiger partial charge in [-0.3, -0.25) is 9.69 Å². The molecule has 0 spiro atoms. The Morgan fingerprint density at radius 3 is 3.00 bits per heavy atom. The maximum Gasteiger partial charge on any atom is 0.324 e. The Morgan fingerprint density at radius 2 is 2.33 bits per heavy atom. The second kappa shape index (κ2) is 7.77. The third-order valence-electron chi connectivity index (χ3n) is 3.51. The zero-order chi connectivity index (χ0) is 15.2. The van der Waals surface area contributed by atoms with Gasteiger partial charge in [-0.05, 0) is 40.5 Å². The number of ether oxygens (including phenoxy) is 2. The number of nitrogens with one attached hydrogen (secondary N) is 1. The summed E-state index contributed by atoms with van der Waals surface area (Å²) in [5.41, 5.74) is 1.14. The summed E-state index contributed by atoms with van der Waals surface area (Å²) in [6.45, 7) is 5.31. The summed E-state index contributed by atoms with van der Waals surface area (Å²) in [6.07, 6.45) is 0. The number of rotatable bonds is 5. The maximum absolute atomic E-state index is 12.0. The normalized spacial score (nSPS) is 19.3. The van der Waals surface area contributed by atoms with Crippen molar-refractivity contribution < 1.29 is 14.3 Å².